The second-order valence-corrected chi connectivity index (χ2v) is 4.99. The van der Waals surface area contributed by atoms with E-state index in [2.05, 4.69) is 0 Å². The number of benzene rings is 1. The standard InChI is InChI=1S/C15H17FN2O/c1-10(2)9-18-14(8-7-13(17)15(18)19)11-3-5-12(16)6-4-11/h3-8,10H,9,17H2,1-2H3. The number of nitrogen functional groups attached to an aromatic ring is 1. The molecule has 1 aromatic heterocycles. The summed E-state index contributed by atoms with van der Waals surface area (Å²) in [5.74, 6) is 0.0237. The minimum atomic E-state index is -0.294. The first kappa shape index (κ1) is 13.3. The number of aromatic nitrogens is 1. The quantitative estimate of drug-likeness (QED) is 0.922. The minimum absolute atomic E-state index is 0.199. The van der Waals surface area contributed by atoms with Gasteiger partial charge in [-0.2, -0.15) is 0 Å². The van der Waals surface area contributed by atoms with E-state index in [1.54, 1.807) is 28.8 Å². The Balaban J connectivity index is 2.59. The van der Waals surface area contributed by atoms with Crippen LogP contribution in [0.3, 0.4) is 0 Å². The molecule has 19 heavy (non-hydrogen) atoms. The van der Waals surface area contributed by atoms with Gasteiger partial charge in [0.1, 0.15) is 5.82 Å². The molecule has 0 amide bonds. The summed E-state index contributed by atoms with van der Waals surface area (Å²) < 4.78 is 14.6. The van der Waals surface area contributed by atoms with Gasteiger partial charge in [0, 0.05) is 6.54 Å². The monoisotopic (exact) mass is 260 g/mol. The molecule has 0 saturated carbocycles. The molecule has 0 saturated heterocycles. The van der Waals surface area contributed by atoms with Crippen LogP contribution in [0.1, 0.15) is 13.8 Å². The van der Waals surface area contributed by atoms with Crippen molar-refractivity contribution in [2.45, 2.75) is 20.4 Å². The van der Waals surface area contributed by atoms with Gasteiger partial charge in [0.25, 0.3) is 5.56 Å². The number of rotatable bonds is 3. The van der Waals surface area contributed by atoms with Crippen molar-refractivity contribution >= 4 is 5.69 Å². The van der Waals surface area contributed by atoms with Gasteiger partial charge in [-0.05, 0) is 47.9 Å². The Morgan fingerprint density at radius 3 is 2.37 bits per heavy atom. The van der Waals surface area contributed by atoms with E-state index in [-0.39, 0.29) is 17.1 Å². The van der Waals surface area contributed by atoms with Gasteiger partial charge in [0.2, 0.25) is 0 Å². The molecule has 2 rings (SSSR count). The van der Waals surface area contributed by atoms with Crippen LogP contribution in [-0.2, 0) is 6.54 Å². The molecule has 0 atom stereocenters. The normalized spacial score (nSPS) is 10.9. The van der Waals surface area contributed by atoms with E-state index >= 15 is 0 Å². The molecule has 1 aromatic carbocycles. The van der Waals surface area contributed by atoms with Gasteiger partial charge in [-0.25, -0.2) is 4.39 Å². The van der Waals surface area contributed by atoms with Crippen LogP contribution < -0.4 is 11.3 Å². The first-order chi connectivity index (χ1) is 8.99. The van der Waals surface area contributed by atoms with Crippen molar-refractivity contribution in [3.63, 3.8) is 0 Å². The Labute approximate surface area is 111 Å². The van der Waals surface area contributed by atoms with Gasteiger partial charge in [0.15, 0.2) is 0 Å². The molecular formula is C15H17FN2O. The lowest BCUT2D eigenvalue weighted by Crippen LogP contribution is -2.26. The van der Waals surface area contributed by atoms with Crippen molar-refractivity contribution in [2.24, 2.45) is 5.92 Å². The fraction of sp³-hybridized carbons (Fsp3) is 0.267. The van der Waals surface area contributed by atoms with Crippen molar-refractivity contribution in [1.82, 2.24) is 4.57 Å². The average molecular weight is 260 g/mol. The minimum Gasteiger partial charge on any atom is -0.394 e. The van der Waals surface area contributed by atoms with E-state index in [1.165, 1.54) is 12.1 Å². The molecule has 4 heteroatoms. The molecule has 2 aromatic rings. The number of halogens is 1. The predicted molar refractivity (Wildman–Crippen MR) is 75.3 cm³/mol. The number of nitrogens with zero attached hydrogens (tertiary/aromatic N) is 1. The van der Waals surface area contributed by atoms with Gasteiger partial charge in [0.05, 0.1) is 11.4 Å². The van der Waals surface area contributed by atoms with Gasteiger partial charge >= 0.3 is 0 Å². The third-order valence-electron chi connectivity index (χ3n) is 2.89. The van der Waals surface area contributed by atoms with E-state index in [0.717, 1.165) is 11.3 Å². The van der Waals surface area contributed by atoms with E-state index in [0.29, 0.717) is 12.5 Å². The van der Waals surface area contributed by atoms with E-state index in [9.17, 15) is 9.18 Å². The summed E-state index contributed by atoms with van der Waals surface area (Å²) in [6.45, 7) is 4.64. The first-order valence-electron chi connectivity index (χ1n) is 6.24. The Hall–Kier alpha value is -2.10. The zero-order valence-corrected chi connectivity index (χ0v) is 11.1. The molecule has 0 radical (unpaired) electrons. The smallest absolute Gasteiger partial charge is 0.274 e. The molecule has 0 unspecified atom stereocenters. The topological polar surface area (TPSA) is 48.0 Å². The summed E-state index contributed by atoms with van der Waals surface area (Å²) in [6, 6.07) is 9.49. The fourth-order valence-corrected chi connectivity index (χ4v) is 2.01. The summed E-state index contributed by atoms with van der Waals surface area (Å²) in [6.07, 6.45) is 0. The first-order valence-corrected chi connectivity index (χ1v) is 6.24. The van der Waals surface area contributed by atoms with Gasteiger partial charge in [-0.1, -0.05) is 13.8 Å². The zero-order chi connectivity index (χ0) is 14.0. The van der Waals surface area contributed by atoms with Gasteiger partial charge in [-0.3, -0.25) is 4.79 Å². The van der Waals surface area contributed by atoms with Crippen LogP contribution in [-0.4, -0.2) is 4.57 Å². The summed E-state index contributed by atoms with van der Waals surface area (Å²) in [5.41, 5.74) is 7.27. The third-order valence-corrected chi connectivity index (χ3v) is 2.89. The Kier molecular flexibility index (Phi) is 3.69. The van der Waals surface area contributed by atoms with Crippen LogP contribution in [0.15, 0.2) is 41.2 Å². The Morgan fingerprint density at radius 1 is 1.16 bits per heavy atom. The second kappa shape index (κ2) is 5.26. The molecule has 0 aliphatic rings. The van der Waals surface area contributed by atoms with Crippen LogP contribution in [0.5, 0.6) is 0 Å². The van der Waals surface area contributed by atoms with Crippen LogP contribution in [0.25, 0.3) is 11.3 Å². The molecule has 100 valence electrons. The number of pyridine rings is 1. The van der Waals surface area contributed by atoms with Crippen molar-refractivity contribution in [3.8, 4) is 11.3 Å². The number of hydrogen-bond acceptors (Lipinski definition) is 2. The number of anilines is 1. The molecule has 0 spiro atoms. The van der Waals surface area contributed by atoms with Crippen molar-refractivity contribution in [1.29, 1.82) is 0 Å². The molecule has 3 nitrogen and oxygen atoms in total. The average Bonchev–Trinajstić information content (AvgIpc) is 2.36. The molecule has 0 aliphatic carbocycles. The van der Waals surface area contributed by atoms with Crippen LogP contribution in [0.2, 0.25) is 0 Å². The predicted octanol–water partition coefficient (Wildman–Crippen LogP) is 2.89. The highest BCUT2D eigenvalue weighted by Gasteiger charge is 2.10. The maximum atomic E-state index is 13.0. The summed E-state index contributed by atoms with van der Waals surface area (Å²) in [4.78, 5) is 12.1. The van der Waals surface area contributed by atoms with E-state index in [1.807, 2.05) is 13.8 Å². The van der Waals surface area contributed by atoms with E-state index in [4.69, 9.17) is 5.73 Å². The van der Waals surface area contributed by atoms with Gasteiger partial charge in [-0.15, -0.1) is 0 Å². The number of hydrogen-bond donors (Lipinski definition) is 1. The maximum Gasteiger partial charge on any atom is 0.274 e. The fourth-order valence-electron chi connectivity index (χ4n) is 2.01. The molecule has 0 bridgehead atoms. The largest absolute Gasteiger partial charge is 0.394 e. The molecule has 0 aliphatic heterocycles. The molecule has 0 fully saturated rings. The van der Waals surface area contributed by atoms with Crippen molar-refractivity contribution < 1.29 is 4.39 Å². The van der Waals surface area contributed by atoms with Gasteiger partial charge < -0.3 is 10.3 Å². The zero-order valence-electron chi connectivity index (χ0n) is 11.1. The van der Waals surface area contributed by atoms with Crippen molar-refractivity contribution in [3.05, 3.63) is 52.6 Å². The second-order valence-electron chi connectivity index (χ2n) is 4.99. The highest BCUT2D eigenvalue weighted by molar-refractivity contribution is 5.61. The lowest BCUT2D eigenvalue weighted by Gasteiger charge is -2.15. The maximum absolute atomic E-state index is 13.0. The SMILES string of the molecule is CC(C)Cn1c(-c2ccc(F)cc2)ccc(N)c1=O. The van der Waals surface area contributed by atoms with Crippen LogP contribution in [0.4, 0.5) is 10.1 Å². The summed E-state index contributed by atoms with van der Waals surface area (Å²) in [7, 11) is 0. The van der Waals surface area contributed by atoms with Crippen LogP contribution in [0, 0.1) is 11.7 Å². The lowest BCUT2D eigenvalue weighted by atomic mass is 10.1. The highest BCUT2D eigenvalue weighted by Crippen LogP contribution is 2.20. The molecule has 1 heterocycles. The van der Waals surface area contributed by atoms with E-state index < -0.39 is 0 Å². The Bertz CT molecular complexity index is 630. The molecule has 2 N–H and O–H groups in total. The Morgan fingerprint density at radius 2 is 1.79 bits per heavy atom. The molecular weight excluding hydrogens is 243 g/mol. The van der Waals surface area contributed by atoms with Crippen LogP contribution >= 0.6 is 0 Å². The van der Waals surface area contributed by atoms with Crippen molar-refractivity contribution in [2.75, 3.05) is 5.73 Å². The number of nitrogens with two attached hydrogens (primary N) is 1. The summed E-state index contributed by atoms with van der Waals surface area (Å²) in [5, 5.41) is 0. The summed E-state index contributed by atoms with van der Waals surface area (Å²) >= 11 is 0. The third kappa shape index (κ3) is 2.84. The lowest BCUT2D eigenvalue weighted by molar-refractivity contribution is 0.516. The highest BCUT2D eigenvalue weighted by atomic mass is 19.1.